The van der Waals surface area contributed by atoms with E-state index in [9.17, 15) is 0 Å². The highest BCUT2D eigenvalue weighted by molar-refractivity contribution is 5.58. The Bertz CT molecular complexity index is 523. The first-order valence-corrected chi connectivity index (χ1v) is 5.96. The van der Waals surface area contributed by atoms with Crippen LogP contribution in [0.2, 0.25) is 0 Å². The van der Waals surface area contributed by atoms with Gasteiger partial charge in [0.15, 0.2) is 5.82 Å². The van der Waals surface area contributed by atoms with Gasteiger partial charge in [0.1, 0.15) is 5.75 Å². The molecule has 0 saturated heterocycles. The third-order valence-electron chi connectivity index (χ3n) is 2.86. The van der Waals surface area contributed by atoms with E-state index in [1.807, 2.05) is 12.1 Å². The van der Waals surface area contributed by atoms with Gasteiger partial charge in [-0.05, 0) is 30.2 Å². The number of ether oxygens (including phenoxy) is 1. The molecule has 2 rings (SSSR count). The number of hydrogen-bond donors (Lipinski definition) is 1. The minimum absolute atomic E-state index is 0.461. The number of nitrogens with two attached hydrogens (primary N) is 1. The molecule has 0 spiro atoms. The summed E-state index contributed by atoms with van der Waals surface area (Å²) >= 11 is 0. The molecule has 0 bridgehead atoms. The molecule has 18 heavy (non-hydrogen) atoms. The summed E-state index contributed by atoms with van der Waals surface area (Å²) in [5, 5.41) is 0. The quantitative estimate of drug-likeness (QED) is 0.894. The van der Waals surface area contributed by atoms with Gasteiger partial charge in [-0.15, -0.1) is 0 Å². The average molecular weight is 243 g/mol. The Kier molecular flexibility index (Phi) is 3.89. The fourth-order valence-electron chi connectivity index (χ4n) is 1.80. The highest BCUT2D eigenvalue weighted by Crippen LogP contribution is 2.24. The molecule has 4 nitrogen and oxygen atoms in total. The van der Waals surface area contributed by atoms with E-state index >= 15 is 0 Å². The average Bonchev–Trinajstić information content (AvgIpc) is 2.46. The molecule has 0 aliphatic rings. The van der Waals surface area contributed by atoms with Crippen molar-refractivity contribution in [1.82, 2.24) is 9.97 Å². The van der Waals surface area contributed by atoms with Gasteiger partial charge in [-0.1, -0.05) is 6.92 Å². The molecule has 0 unspecified atom stereocenters. The zero-order valence-corrected chi connectivity index (χ0v) is 10.7. The lowest BCUT2D eigenvalue weighted by atomic mass is 10.1. The lowest BCUT2D eigenvalue weighted by Crippen LogP contribution is -1.99. The Labute approximate surface area is 107 Å². The van der Waals surface area contributed by atoms with E-state index in [0.717, 1.165) is 28.9 Å². The molecule has 2 aromatic rings. The third kappa shape index (κ3) is 2.49. The SMILES string of the molecule is CCc1cc(-c2ncc(CN)cn2)ccc1OC. The van der Waals surface area contributed by atoms with Crippen LogP contribution in [0.4, 0.5) is 0 Å². The van der Waals surface area contributed by atoms with Crippen molar-refractivity contribution in [3.63, 3.8) is 0 Å². The predicted molar refractivity (Wildman–Crippen MR) is 71.3 cm³/mol. The van der Waals surface area contributed by atoms with Crippen LogP contribution in [0, 0.1) is 0 Å². The smallest absolute Gasteiger partial charge is 0.159 e. The summed E-state index contributed by atoms with van der Waals surface area (Å²) in [7, 11) is 1.68. The zero-order valence-electron chi connectivity index (χ0n) is 10.7. The van der Waals surface area contributed by atoms with Crippen LogP contribution >= 0.6 is 0 Å². The normalized spacial score (nSPS) is 10.4. The lowest BCUT2D eigenvalue weighted by Gasteiger charge is -2.08. The lowest BCUT2D eigenvalue weighted by molar-refractivity contribution is 0.410. The number of aryl methyl sites for hydroxylation is 1. The molecule has 0 amide bonds. The van der Waals surface area contributed by atoms with Crippen molar-refractivity contribution in [2.45, 2.75) is 19.9 Å². The molecule has 0 aliphatic carbocycles. The first kappa shape index (κ1) is 12.5. The van der Waals surface area contributed by atoms with E-state index in [1.165, 1.54) is 0 Å². The van der Waals surface area contributed by atoms with Crippen LogP contribution in [0.1, 0.15) is 18.1 Å². The van der Waals surface area contributed by atoms with E-state index in [1.54, 1.807) is 19.5 Å². The number of benzene rings is 1. The van der Waals surface area contributed by atoms with Gasteiger partial charge in [-0.3, -0.25) is 0 Å². The summed E-state index contributed by atoms with van der Waals surface area (Å²) in [6, 6.07) is 5.99. The second-order valence-electron chi connectivity index (χ2n) is 4.00. The molecule has 1 aromatic carbocycles. The van der Waals surface area contributed by atoms with Crippen LogP contribution in [-0.2, 0) is 13.0 Å². The molecule has 0 aliphatic heterocycles. The third-order valence-corrected chi connectivity index (χ3v) is 2.86. The summed E-state index contributed by atoms with van der Waals surface area (Å²) in [5.41, 5.74) is 8.61. The number of aromatic nitrogens is 2. The molecular formula is C14H17N3O. The molecule has 0 saturated carbocycles. The van der Waals surface area contributed by atoms with Crippen LogP contribution in [0.15, 0.2) is 30.6 Å². The fourth-order valence-corrected chi connectivity index (χ4v) is 1.80. The predicted octanol–water partition coefficient (Wildman–Crippen LogP) is 2.17. The molecule has 4 heteroatoms. The molecule has 0 radical (unpaired) electrons. The second kappa shape index (κ2) is 5.60. The molecule has 0 atom stereocenters. The summed E-state index contributed by atoms with van der Waals surface area (Å²) in [4.78, 5) is 8.64. The van der Waals surface area contributed by atoms with Gasteiger partial charge in [-0.2, -0.15) is 0 Å². The molecule has 1 heterocycles. The number of hydrogen-bond acceptors (Lipinski definition) is 4. The summed E-state index contributed by atoms with van der Waals surface area (Å²) in [6.45, 7) is 2.56. The fraction of sp³-hybridized carbons (Fsp3) is 0.286. The summed E-state index contributed by atoms with van der Waals surface area (Å²) < 4.78 is 5.31. The van der Waals surface area contributed by atoms with E-state index in [4.69, 9.17) is 10.5 Å². The van der Waals surface area contributed by atoms with Gasteiger partial charge in [0.25, 0.3) is 0 Å². The van der Waals surface area contributed by atoms with Gasteiger partial charge in [0.2, 0.25) is 0 Å². The Morgan fingerprint density at radius 3 is 2.50 bits per heavy atom. The van der Waals surface area contributed by atoms with Crippen molar-refractivity contribution in [2.75, 3.05) is 7.11 Å². The maximum Gasteiger partial charge on any atom is 0.159 e. The van der Waals surface area contributed by atoms with Crippen LogP contribution in [0.3, 0.4) is 0 Å². The number of rotatable bonds is 4. The molecule has 2 N–H and O–H groups in total. The van der Waals surface area contributed by atoms with Gasteiger partial charge in [0.05, 0.1) is 7.11 Å². The van der Waals surface area contributed by atoms with E-state index in [0.29, 0.717) is 12.4 Å². The Morgan fingerprint density at radius 1 is 1.22 bits per heavy atom. The van der Waals surface area contributed by atoms with Crippen molar-refractivity contribution in [2.24, 2.45) is 5.73 Å². The van der Waals surface area contributed by atoms with Crippen LogP contribution < -0.4 is 10.5 Å². The van der Waals surface area contributed by atoms with Gasteiger partial charge < -0.3 is 10.5 Å². The Hall–Kier alpha value is -1.94. The van der Waals surface area contributed by atoms with Crippen LogP contribution in [0.25, 0.3) is 11.4 Å². The largest absolute Gasteiger partial charge is 0.496 e. The summed E-state index contributed by atoms with van der Waals surface area (Å²) in [6.07, 6.45) is 4.44. The second-order valence-corrected chi connectivity index (χ2v) is 4.00. The van der Waals surface area contributed by atoms with Gasteiger partial charge >= 0.3 is 0 Å². The van der Waals surface area contributed by atoms with Crippen LogP contribution in [-0.4, -0.2) is 17.1 Å². The molecule has 1 aromatic heterocycles. The van der Waals surface area contributed by atoms with Gasteiger partial charge in [-0.25, -0.2) is 9.97 Å². The van der Waals surface area contributed by atoms with Crippen molar-refractivity contribution in [3.05, 3.63) is 41.7 Å². The molecular weight excluding hydrogens is 226 g/mol. The topological polar surface area (TPSA) is 61.0 Å². The maximum absolute atomic E-state index is 5.53. The van der Waals surface area contributed by atoms with E-state index in [-0.39, 0.29) is 0 Å². The highest BCUT2D eigenvalue weighted by atomic mass is 16.5. The minimum Gasteiger partial charge on any atom is -0.496 e. The monoisotopic (exact) mass is 243 g/mol. The van der Waals surface area contributed by atoms with Crippen LogP contribution in [0.5, 0.6) is 5.75 Å². The van der Waals surface area contributed by atoms with Crippen molar-refractivity contribution in [3.8, 4) is 17.1 Å². The number of nitrogens with zero attached hydrogens (tertiary/aromatic N) is 2. The first-order valence-electron chi connectivity index (χ1n) is 5.96. The van der Waals surface area contributed by atoms with E-state index < -0.39 is 0 Å². The van der Waals surface area contributed by atoms with Crippen molar-refractivity contribution in [1.29, 1.82) is 0 Å². The van der Waals surface area contributed by atoms with Gasteiger partial charge in [0, 0.05) is 30.1 Å². The molecule has 94 valence electrons. The Balaban J connectivity index is 2.37. The molecule has 0 fully saturated rings. The minimum atomic E-state index is 0.461. The van der Waals surface area contributed by atoms with Crippen molar-refractivity contribution < 1.29 is 4.74 Å². The van der Waals surface area contributed by atoms with E-state index in [2.05, 4.69) is 23.0 Å². The Morgan fingerprint density at radius 2 is 1.94 bits per heavy atom. The zero-order chi connectivity index (χ0) is 13.0. The van der Waals surface area contributed by atoms with Crippen molar-refractivity contribution >= 4 is 0 Å². The number of methoxy groups -OCH3 is 1. The summed E-state index contributed by atoms with van der Waals surface area (Å²) in [5.74, 6) is 1.62. The maximum atomic E-state index is 5.53. The first-order chi connectivity index (χ1) is 8.78. The highest BCUT2D eigenvalue weighted by Gasteiger charge is 2.06. The standard InChI is InChI=1S/C14H17N3O/c1-3-11-6-12(4-5-13(11)18-2)14-16-8-10(7-15)9-17-14/h4-6,8-9H,3,7,15H2,1-2H3.